The van der Waals surface area contributed by atoms with E-state index in [0.717, 1.165) is 134 Å². The van der Waals surface area contributed by atoms with E-state index in [4.69, 9.17) is 5.73 Å². The summed E-state index contributed by atoms with van der Waals surface area (Å²) in [6, 6.07) is 22.1. The number of hydrogen-bond acceptors (Lipinski definition) is 23. The standard InChI is InChI=1S/C19H21N5OS.C16H17N5OS.C13H12N6OS.C11H9N5S/c1-13-17(23-19(26-13)22-16-9-5-6-10-20-16)15-11-21-24(12-15)18(25)14-7-3-2-4-8-14;1-10(2)15(22)21-9-12(8-18-21)14-11(3)23-16(20-14)19-13-6-4-5-7-17-13;1-8-11(9-6-16-19(7-9)12(14)20)18-13(21-8)17-10-4-2-3-5-15-10;1-2-4-12-10(3-1)16-11-15-9(7-17-11)8-5-13-14-6-8/h5-6,9-12,14H,2-4,7-8H2,1H3,(H,20,22,23);4-10H,1-3H3,(H,17,19,20);2-7H,1H3,(H2,14,20)(H,15,17,18);1-7H,(H,13,14)(H,12,15,16). The van der Waals surface area contributed by atoms with E-state index in [-0.39, 0.29) is 23.7 Å². The highest BCUT2D eigenvalue weighted by Crippen LogP contribution is 2.35. The lowest BCUT2D eigenvalue weighted by Gasteiger charge is -2.19. The third-order valence-electron chi connectivity index (χ3n) is 13.0. The number of thiazole rings is 4. The van der Waals surface area contributed by atoms with Crippen LogP contribution < -0.4 is 27.0 Å². The van der Waals surface area contributed by atoms with E-state index in [2.05, 4.69) is 86.6 Å². The van der Waals surface area contributed by atoms with Gasteiger partial charge in [-0.15, -0.1) is 45.3 Å². The second-order valence-corrected chi connectivity index (χ2v) is 24.1. The molecule has 0 atom stereocenters. The Morgan fingerprint density at radius 2 is 0.966 bits per heavy atom. The normalized spacial score (nSPS) is 12.0. The van der Waals surface area contributed by atoms with Gasteiger partial charge >= 0.3 is 6.03 Å². The fourth-order valence-electron chi connectivity index (χ4n) is 8.69. The SMILES string of the molecule is Cc1sc(Nc2ccccn2)nc1-c1cnn(C(=O)C(C)C)c1.Cc1sc(Nc2ccccn2)nc1-c1cnn(C(=O)C2CCCCC2)c1.Cc1sc(Nc2ccccn2)nc1-c1cnn(C(N)=O)c1.c1ccc(Nc2nc(-c3cn[nH]c3)cs2)nc1. The lowest BCUT2D eigenvalue weighted by molar-refractivity contribution is 0.0783. The number of nitrogens with one attached hydrogen (secondary N) is 5. The maximum atomic E-state index is 12.6. The molecular formula is C59H59N21O3S4. The number of carbonyl (C=O) groups excluding carboxylic acids is 3. The van der Waals surface area contributed by atoms with Crippen LogP contribution in [0.4, 0.5) is 48.6 Å². The predicted octanol–water partition coefficient (Wildman–Crippen LogP) is 13.5. The van der Waals surface area contributed by atoms with Crippen LogP contribution in [0.2, 0.25) is 0 Å². The van der Waals surface area contributed by atoms with Crippen molar-refractivity contribution in [3.05, 3.63) is 167 Å². The lowest BCUT2D eigenvalue weighted by atomic mass is 9.89. The third kappa shape index (κ3) is 16.0. The summed E-state index contributed by atoms with van der Waals surface area (Å²) in [7, 11) is 0. The van der Waals surface area contributed by atoms with Crippen molar-refractivity contribution < 1.29 is 14.4 Å². The molecule has 0 spiro atoms. The average Bonchev–Trinajstić information content (AvgIpc) is 3.13. The molecule has 0 bridgehead atoms. The zero-order valence-corrected chi connectivity index (χ0v) is 51.0. The first kappa shape index (κ1) is 60.1. The first-order valence-corrected chi connectivity index (χ1v) is 30.8. The van der Waals surface area contributed by atoms with E-state index in [1.807, 2.05) is 125 Å². The molecule has 442 valence electrons. The number of aromatic amines is 1. The van der Waals surface area contributed by atoms with Crippen LogP contribution in [0.3, 0.4) is 0 Å². The van der Waals surface area contributed by atoms with Gasteiger partial charge in [0, 0.05) is 104 Å². The summed E-state index contributed by atoms with van der Waals surface area (Å²) in [4.78, 5) is 73.9. The van der Waals surface area contributed by atoms with Crippen LogP contribution in [-0.4, -0.2) is 97.3 Å². The van der Waals surface area contributed by atoms with Crippen molar-refractivity contribution in [2.24, 2.45) is 17.6 Å². The number of H-pyrrole nitrogens is 1. The number of nitrogens with zero attached hydrogens (tertiary/aromatic N) is 15. The monoisotopic (exact) mass is 1240 g/mol. The van der Waals surface area contributed by atoms with Crippen LogP contribution >= 0.6 is 45.3 Å². The summed E-state index contributed by atoms with van der Waals surface area (Å²) < 4.78 is 3.96. The Labute approximate surface area is 515 Å². The summed E-state index contributed by atoms with van der Waals surface area (Å²) in [6.45, 7) is 9.69. The number of hydrogen-bond donors (Lipinski definition) is 6. The Hall–Kier alpha value is -10.0. The van der Waals surface area contributed by atoms with Crippen molar-refractivity contribution in [3.63, 3.8) is 0 Å². The maximum Gasteiger partial charge on any atom is 0.339 e. The van der Waals surface area contributed by atoms with Crippen molar-refractivity contribution in [3.8, 4) is 45.0 Å². The fourth-order valence-corrected chi connectivity index (χ4v) is 11.9. The minimum absolute atomic E-state index is 0.0315. The van der Waals surface area contributed by atoms with Gasteiger partial charge in [0.2, 0.25) is 11.8 Å². The van der Waals surface area contributed by atoms with Crippen LogP contribution in [0.5, 0.6) is 0 Å². The molecule has 13 rings (SSSR count). The van der Waals surface area contributed by atoms with E-state index >= 15 is 0 Å². The zero-order valence-electron chi connectivity index (χ0n) is 47.8. The van der Waals surface area contributed by atoms with Gasteiger partial charge in [0.1, 0.15) is 23.3 Å². The van der Waals surface area contributed by atoms with E-state index < -0.39 is 6.03 Å². The summed E-state index contributed by atoms with van der Waals surface area (Å²) in [5.74, 6) is 3.11. The van der Waals surface area contributed by atoms with Crippen LogP contribution in [0.1, 0.15) is 70.2 Å². The number of anilines is 8. The summed E-state index contributed by atoms with van der Waals surface area (Å²) in [6.07, 6.45) is 26.0. The predicted molar refractivity (Wildman–Crippen MR) is 342 cm³/mol. The molecule has 1 saturated carbocycles. The molecule has 87 heavy (non-hydrogen) atoms. The highest BCUT2D eigenvalue weighted by Gasteiger charge is 2.24. The van der Waals surface area contributed by atoms with Crippen LogP contribution in [0.25, 0.3) is 45.0 Å². The molecule has 1 aliphatic carbocycles. The van der Waals surface area contributed by atoms with Gasteiger partial charge in [-0.3, -0.25) is 14.7 Å². The molecule has 0 unspecified atom stereocenters. The number of nitrogens with two attached hydrogens (primary N) is 1. The molecule has 12 aromatic heterocycles. The Morgan fingerprint density at radius 3 is 1.37 bits per heavy atom. The minimum Gasteiger partial charge on any atom is -0.350 e. The molecule has 0 aromatic carbocycles. The molecule has 1 aliphatic rings. The second-order valence-electron chi connectivity index (χ2n) is 19.7. The van der Waals surface area contributed by atoms with Crippen molar-refractivity contribution in [2.75, 3.05) is 21.3 Å². The van der Waals surface area contributed by atoms with Gasteiger partial charge in [0.25, 0.3) is 0 Å². The summed E-state index contributed by atoms with van der Waals surface area (Å²) in [5.41, 5.74) is 12.0. The smallest absolute Gasteiger partial charge is 0.339 e. The number of aryl methyl sites for hydroxylation is 3. The van der Waals surface area contributed by atoms with Gasteiger partial charge in [-0.25, -0.2) is 54.0 Å². The van der Waals surface area contributed by atoms with Gasteiger partial charge in [0.15, 0.2) is 20.5 Å². The molecule has 1 amide bonds. The Balaban J connectivity index is 0.000000130. The molecular weight excluding hydrogens is 1180 g/mol. The first-order valence-electron chi connectivity index (χ1n) is 27.4. The highest BCUT2D eigenvalue weighted by atomic mass is 32.1. The number of rotatable bonds is 14. The van der Waals surface area contributed by atoms with Gasteiger partial charge in [-0.1, -0.05) is 57.4 Å². The molecule has 7 N–H and O–H groups in total. The first-order chi connectivity index (χ1) is 42.3. The molecule has 0 radical (unpaired) electrons. The van der Waals surface area contributed by atoms with Gasteiger partial charge in [-0.2, -0.15) is 25.1 Å². The topological polar surface area (TPSA) is 311 Å². The van der Waals surface area contributed by atoms with Crippen LogP contribution in [0, 0.1) is 32.6 Å². The Bertz CT molecular complexity index is 4150. The lowest BCUT2D eigenvalue weighted by Crippen LogP contribution is -2.24. The maximum absolute atomic E-state index is 12.6. The summed E-state index contributed by atoms with van der Waals surface area (Å²) in [5, 5.41) is 36.8. The van der Waals surface area contributed by atoms with E-state index in [0.29, 0.717) is 0 Å². The molecule has 12 heterocycles. The Morgan fingerprint density at radius 1 is 0.540 bits per heavy atom. The average molecular weight is 1240 g/mol. The van der Waals surface area contributed by atoms with E-state index in [9.17, 15) is 14.4 Å². The van der Waals surface area contributed by atoms with E-state index in [1.165, 1.54) is 38.5 Å². The Kier molecular flexibility index (Phi) is 19.8. The van der Waals surface area contributed by atoms with Crippen LogP contribution in [-0.2, 0) is 0 Å². The second kappa shape index (κ2) is 28.7. The summed E-state index contributed by atoms with van der Waals surface area (Å²) >= 11 is 6.15. The van der Waals surface area contributed by atoms with Crippen molar-refractivity contribution in [2.45, 2.75) is 66.7 Å². The van der Waals surface area contributed by atoms with Gasteiger partial charge < -0.3 is 27.0 Å². The minimum atomic E-state index is -0.624. The third-order valence-corrected chi connectivity index (χ3v) is 16.4. The van der Waals surface area contributed by atoms with Crippen molar-refractivity contribution in [1.29, 1.82) is 0 Å². The molecule has 12 aromatic rings. The number of aromatic nitrogens is 16. The van der Waals surface area contributed by atoms with Gasteiger partial charge in [0.05, 0.1) is 47.6 Å². The number of amides is 1. The largest absolute Gasteiger partial charge is 0.350 e. The molecule has 0 aliphatic heterocycles. The quantitative estimate of drug-likeness (QED) is 0.0589. The molecule has 28 heteroatoms. The number of carbonyl (C=O) groups is 3. The zero-order chi connectivity index (χ0) is 60.7. The molecule has 24 nitrogen and oxygen atoms in total. The van der Waals surface area contributed by atoms with Gasteiger partial charge in [-0.05, 0) is 82.1 Å². The van der Waals surface area contributed by atoms with E-state index in [1.54, 1.807) is 84.6 Å². The molecule has 1 fully saturated rings. The fraction of sp³-hybridized carbons (Fsp3) is 0.203. The van der Waals surface area contributed by atoms with Crippen molar-refractivity contribution >= 4 is 107 Å². The van der Waals surface area contributed by atoms with Crippen LogP contribution in [0.15, 0.2) is 153 Å². The number of pyridine rings is 4. The number of primary amides is 1. The van der Waals surface area contributed by atoms with Crippen molar-refractivity contribution in [1.82, 2.24) is 79.4 Å². The highest BCUT2D eigenvalue weighted by molar-refractivity contribution is 7.16. The molecule has 0 saturated heterocycles.